The fourth-order valence-electron chi connectivity index (χ4n) is 3.39. The number of fused-ring (bicyclic) bond motifs is 1. The molecule has 0 bridgehead atoms. The number of likely N-dealkylation sites (tertiary alicyclic amines) is 1. The highest BCUT2D eigenvalue weighted by Crippen LogP contribution is 2.31. The summed E-state index contributed by atoms with van der Waals surface area (Å²) in [5.74, 6) is 1.82. The Kier molecular flexibility index (Phi) is 4.93. The number of amides is 1. The minimum atomic E-state index is 0.138. The van der Waals surface area contributed by atoms with E-state index in [2.05, 4.69) is 15.3 Å². The van der Waals surface area contributed by atoms with E-state index in [1.807, 2.05) is 23.1 Å². The molecule has 0 N–H and O–H groups in total. The minimum Gasteiger partial charge on any atom is -0.493 e. The van der Waals surface area contributed by atoms with Crippen LogP contribution in [0.3, 0.4) is 0 Å². The van der Waals surface area contributed by atoms with Crippen molar-refractivity contribution < 1.29 is 14.3 Å². The number of methoxy groups -OCH3 is 2. The van der Waals surface area contributed by atoms with Crippen LogP contribution in [0.5, 0.6) is 11.5 Å². The highest BCUT2D eigenvalue weighted by atomic mass is 32.1. The van der Waals surface area contributed by atoms with E-state index in [1.165, 1.54) is 0 Å². The third kappa shape index (κ3) is 3.59. The maximum atomic E-state index is 12.7. The Balaban J connectivity index is 1.36. The van der Waals surface area contributed by atoms with Crippen molar-refractivity contribution in [1.82, 2.24) is 24.7 Å². The van der Waals surface area contributed by atoms with Gasteiger partial charge in [0.2, 0.25) is 10.9 Å². The van der Waals surface area contributed by atoms with E-state index in [9.17, 15) is 4.79 Å². The SMILES string of the molecule is COc1ccc(CC(=O)N2CCC(c3nn4cnnc4s3)CC2)cc1OC. The van der Waals surface area contributed by atoms with Crippen LogP contribution in [0, 0.1) is 0 Å². The Hall–Kier alpha value is -2.68. The standard InChI is InChI=1S/C18H21N5O3S/c1-25-14-4-3-12(9-15(14)26-2)10-16(24)22-7-5-13(6-8-22)17-21-23-11-19-20-18(23)27-17/h3-4,9,11,13H,5-8,10H2,1-2H3. The van der Waals surface area contributed by atoms with Crippen LogP contribution in [0.4, 0.5) is 0 Å². The van der Waals surface area contributed by atoms with Crippen molar-refractivity contribution in [3.63, 3.8) is 0 Å². The van der Waals surface area contributed by atoms with E-state index in [1.54, 1.807) is 36.4 Å². The Morgan fingerprint density at radius 1 is 1.22 bits per heavy atom. The van der Waals surface area contributed by atoms with Gasteiger partial charge in [0.25, 0.3) is 0 Å². The summed E-state index contributed by atoms with van der Waals surface area (Å²) in [7, 11) is 3.20. The molecule has 1 fully saturated rings. The summed E-state index contributed by atoms with van der Waals surface area (Å²) in [6, 6.07) is 5.61. The molecule has 3 heterocycles. The van der Waals surface area contributed by atoms with Gasteiger partial charge in [-0.25, -0.2) is 0 Å². The van der Waals surface area contributed by atoms with Crippen LogP contribution in [-0.2, 0) is 11.2 Å². The molecule has 0 aliphatic carbocycles. The third-order valence-electron chi connectivity index (χ3n) is 4.90. The number of hydrogen-bond donors (Lipinski definition) is 0. The van der Waals surface area contributed by atoms with Crippen molar-refractivity contribution in [3.8, 4) is 11.5 Å². The average Bonchev–Trinajstić information content (AvgIpc) is 3.30. The Morgan fingerprint density at radius 2 is 2.00 bits per heavy atom. The molecular formula is C18H21N5O3S. The van der Waals surface area contributed by atoms with Crippen molar-refractivity contribution in [1.29, 1.82) is 0 Å². The van der Waals surface area contributed by atoms with E-state index in [0.717, 1.165) is 41.5 Å². The molecule has 4 rings (SSSR count). The van der Waals surface area contributed by atoms with Crippen molar-refractivity contribution in [3.05, 3.63) is 35.1 Å². The summed E-state index contributed by atoms with van der Waals surface area (Å²) >= 11 is 1.58. The third-order valence-corrected chi connectivity index (χ3v) is 5.98. The molecule has 1 saturated heterocycles. The lowest BCUT2D eigenvalue weighted by Gasteiger charge is -2.31. The predicted molar refractivity (Wildman–Crippen MR) is 100 cm³/mol. The van der Waals surface area contributed by atoms with Gasteiger partial charge in [0.1, 0.15) is 11.3 Å². The van der Waals surface area contributed by atoms with E-state index >= 15 is 0 Å². The van der Waals surface area contributed by atoms with Gasteiger partial charge in [-0.2, -0.15) is 9.61 Å². The molecule has 1 aliphatic heterocycles. The van der Waals surface area contributed by atoms with Gasteiger partial charge in [0, 0.05) is 19.0 Å². The molecule has 1 aromatic carbocycles. The molecular weight excluding hydrogens is 366 g/mol. The summed E-state index contributed by atoms with van der Waals surface area (Å²) in [4.78, 5) is 15.4. The van der Waals surface area contributed by atoms with Crippen molar-refractivity contribution in [2.75, 3.05) is 27.3 Å². The zero-order valence-electron chi connectivity index (χ0n) is 15.3. The molecule has 0 atom stereocenters. The molecule has 3 aromatic rings. The molecule has 1 amide bonds. The van der Waals surface area contributed by atoms with Crippen LogP contribution in [0.15, 0.2) is 24.5 Å². The summed E-state index contributed by atoms with van der Waals surface area (Å²) in [6.07, 6.45) is 3.82. The van der Waals surface area contributed by atoms with E-state index in [0.29, 0.717) is 23.8 Å². The van der Waals surface area contributed by atoms with Gasteiger partial charge >= 0.3 is 0 Å². The first-order valence-corrected chi connectivity index (χ1v) is 9.65. The van der Waals surface area contributed by atoms with E-state index in [4.69, 9.17) is 9.47 Å². The highest BCUT2D eigenvalue weighted by Gasteiger charge is 2.26. The summed E-state index contributed by atoms with van der Waals surface area (Å²) in [5, 5.41) is 13.5. The molecule has 0 saturated carbocycles. The van der Waals surface area contributed by atoms with Crippen LogP contribution in [0.2, 0.25) is 0 Å². The fourth-order valence-corrected chi connectivity index (χ4v) is 4.38. The van der Waals surface area contributed by atoms with Gasteiger partial charge < -0.3 is 14.4 Å². The first kappa shape index (κ1) is 17.7. The number of nitrogens with zero attached hydrogens (tertiary/aromatic N) is 5. The van der Waals surface area contributed by atoms with Crippen LogP contribution in [-0.4, -0.2) is 57.9 Å². The van der Waals surface area contributed by atoms with Gasteiger partial charge in [-0.3, -0.25) is 4.79 Å². The lowest BCUT2D eigenvalue weighted by molar-refractivity contribution is -0.131. The van der Waals surface area contributed by atoms with E-state index < -0.39 is 0 Å². The van der Waals surface area contributed by atoms with Crippen molar-refractivity contribution in [2.45, 2.75) is 25.2 Å². The number of ether oxygens (including phenoxy) is 2. The second kappa shape index (κ2) is 7.51. The van der Waals surface area contributed by atoms with Gasteiger partial charge in [0.15, 0.2) is 11.5 Å². The second-order valence-electron chi connectivity index (χ2n) is 6.52. The molecule has 0 radical (unpaired) electrons. The summed E-state index contributed by atoms with van der Waals surface area (Å²) in [6.45, 7) is 1.49. The smallest absolute Gasteiger partial charge is 0.234 e. The fraction of sp³-hybridized carbons (Fsp3) is 0.444. The quantitative estimate of drug-likeness (QED) is 0.667. The maximum Gasteiger partial charge on any atom is 0.234 e. The van der Waals surface area contributed by atoms with Crippen LogP contribution < -0.4 is 9.47 Å². The molecule has 1 aliphatic rings. The Labute approximate surface area is 160 Å². The molecule has 9 heteroatoms. The average molecular weight is 387 g/mol. The van der Waals surface area contributed by atoms with Crippen molar-refractivity contribution in [2.24, 2.45) is 0 Å². The second-order valence-corrected chi connectivity index (χ2v) is 7.51. The lowest BCUT2D eigenvalue weighted by atomic mass is 9.97. The highest BCUT2D eigenvalue weighted by molar-refractivity contribution is 7.16. The van der Waals surface area contributed by atoms with Gasteiger partial charge in [-0.1, -0.05) is 17.4 Å². The summed E-state index contributed by atoms with van der Waals surface area (Å²) in [5.41, 5.74) is 0.924. The summed E-state index contributed by atoms with van der Waals surface area (Å²) < 4.78 is 12.3. The number of carbonyl (C=O) groups is 1. The zero-order valence-corrected chi connectivity index (χ0v) is 16.1. The number of piperidine rings is 1. The molecule has 27 heavy (non-hydrogen) atoms. The van der Waals surface area contributed by atoms with Crippen LogP contribution >= 0.6 is 11.3 Å². The minimum absolute atomic E-state index is 0.138. The number of aromatic nitrogens is 4. The van der Waals surface area contributed by atoms with Crippen molar-refractivity contribution >= 4 is 22.2 Å². The molecule has 142 valence electrons. The molecule has 0 spiro atoms. The first-order valence-electron chi connectivity index (χ1n) is 8.83. The largest absolute Gasteiger partial charge is 0.493 e. The van der Waals surface area contributed by atoms with Gasteiger partial charge in [-0.15, -0.1) is 10.2 Å². The normalized spacial score (nSPS) is 15.3. The van der Waals surface area contributed by atoms with E-state index in [-0.39, 0.29) is 5.91 Å². The number of carbonyl (C=O) groups excluding carboxylic acids is 1. The molecule has 2 aromatic heterocycles. The number of rotatable bonds is 5. The van der Waals surface area contributed by atoms with Gasteiger partial charge in [-0.05, 0) is 30.5 Å². The number of benzene rings is 1. The number of hydrogen-bond acceptors (Lipinski definition) is 7. The van der Waals surface area contributed by atoms with Crippen LogP contribution in [0.25, 0.3) is 4.96 Å². The topological polar surface area (TPSA) is 81.9 Å². The lowest BCUT2D eigenvalue weighted by Crippen LogP contribution is -2.38. The molecule has 8 nitrogen and oxygen atoms in total. The van der Waals surface area contributed by atoms with Gasteiger partial charge in [0.05, 0.1) is 20.6 Å². The first-order chi connectivity index (χ1) is 13.2. The Morgan fingerprint density at radius 3 is 2.70 bits per heavy atom. The molecule has 0 unspecified atom stereocenters. The monoisotopic (exact) mass is 387 g/mol. The van der Waals surface area contributed by atoms with Crippen LogP contribution in [0.1, 0.15) is 29.3 Å². The Bertz CT molecular complexity index is 917. The zero-order chi connectivity index (χ0) is 18.8. The predicted octanol–water partition coefficient (Wildman–Crippen LogP) is 2.15. The maximum absolute atomic E-state index is 12.7.